The monoisotopic (exact) mass is 291 g/mol. The third-order valence-electron chi connectivity index (χ3n) is 2.58. The van der Waals surface area contributed by atoms with Gasteiger partial charge in [0.15, 0.2) is 5.13 Å². The Bertz CT molecular complexity index is 583. The van der Waals surface area contributed by atoms with Gasteiger partial charge < -0.3 is 20.0 Å². The van der Waals surface area contributed by atoms with E-state index in [-0.39, 0.29) is 6.42 Å². The van der Waals surface area contributed by atoms with Crippen molar-refractivity contribution in [2.45, 2.75) is 19.9 Å². The Morgan fingerprint density at radius 2 is 2.25 bits per heavy atom. The first-order valence-electron chi connectivity index (χ1n) is 6.28. The summed E-state index contributed by atoms with van der Waals surface area (Å²) in [6, 6.07) is 7.77. The van der Waals surface area contributed by atoms with E-state index in [0.717, 1.165) is 11.3 Å². The van der Waals surface area contributed by atoms with Gasteiger partial charge in [0.2, 0.25) is 0 Å². The number of benzene rings is 1. The number of nitrogens with one attached hydrogen (secondary N) is 1. The molecule has 1 N–H and O–H groups in total. The molecule has 0 unspecified atom stereocenters. The van der Waals surface area contributed by atoms with Crippen LogP contribution in [0.5, 0.6) is 5.75 Å². The van der Waals surface area contributed by atoms with E-state index in [4.69, 9.17) is 4.74 Å². The van der Waals surface area contributed by atoms with Crippen molar-refractivity contribution in [2.24, 2.45) is 0 Å². The predicted molar refractivity (Wildman–Crippen MR) is 75.8 cm³/mol. The number of thiazole rings is 1. The number of nitrogens with zero attached hydrogens (tertiary/aromatic N) is 1. The van der Waals surface area contributed by atoms with E-state index in [2.05, 4.69) is 10.3 Å². The Hall–Kier alpha value is -2.08. The summed E-state index contributed by atoms with van der Waals surface area (Å²) in [6.45, 7) is 3.13. The molecule has 0 amide bonds. The summed E-state index contributed by atoms with van der Waals surface area (Å²) < 4.78 is 5.54. The van der Waals surface area contributed by atoms with Crippen LogP contribution in [-0.2, 0) is 17.8 Å². The maximum Gasteiger partial charge on any atom is 0.183 e. The molecular weight excluding hydrogens is 276 g/mol. The largest absolute Gasteiger partial charge is 0.550 e. The summed E-state index contributed by atoms with van der Waals surface area (Å²) in [5.41, 5.74) is 1.54. The molecule has 0 aliphatic carbocycles. The average Bonchev–Trinajstić information content (AvgIpc) is 2.85. The van der Waals surface area contributed by atoms with E-state index in [1.165, 1.54) is 11.3 Å². The van der Waals surface area contributed by atoms with Gasteiger partial charge in [-0.2, -0.15) is 0 Å². The molecule has 106 valence electrons. The summed E-state index contributed by atoms with van der Waals surface area (Å²) in [6.07, 6.45) is -0.159. The van der Waals surface area contributed by atoms with E-state index >= 15 is 0 Å². The number of carboxylic acids is 1. The predicted octanol–water partition coefficient (Wildman–Crippen LogP) is 1.45. The van der Waals surface area contributed by atoms with Crippen molar-refractivity contribution in [1.29, 1.82) is 0 Å². The maximum atomic E-state index is 10.5. The zero-order valence-corrected chi connectivity index (χ0v) is 11.9. The lowest BCUT2D eigenvalue weighted by atomic mass is 10.2. The van der Waals surface area contributed by atoms with Crippen molar-refractivity contribution in [2.75, 3.05) is 11.9 Å². The zero-order chi connectivity index (χ0) is 14.4. The number of aromatic nitrogens is 1. The Labute approximate surface area is 121 Å². The molecule has 1 heterocycles. The Morgan fingerprint density at radius 3 is 3.00 bits per heavy atom. The van der Waals surface area contributed by atoms with Crippen LogP contribution in [0.4, 0.5) is 5.13 Å². The van der Waals surface area contributed by atoms with Crippen molar-refractivity contribution in [3.05, 3.63) is 40.9 Å². The number of carbonyl (C=O) groups excluding carboxylic acids is 1. The number of carbonyl (C=O) groups is 1. The highest BCUT2D eigenvalue weighted by Crippen LogP contribution is 2.21. The minimum atomic E-state index is -1.12. The number of hydrogen-bond acceptors (Lipinski definition) is 6. The van der Waals surface area contributed by atoms with E-state index < -0.39 is 5.97 Å². The van der Waals surface area contributed by atoms with Crippen LogP contribution in [0.1, 0.15) is 18.2 Å². The number of carboxylic acid groups (broad SMARTS) is 1. The highest BCUT2D eigenvalue weighted by molar-refractivity contribution is 7.13. The Kier molecular flexibility index (Phi) is 4.95. The number of ether oxygens (including phenoxy) is 1. The molecule has 20 heavy (non-hydrogen) atoms. The molecule has 6 heteroatoms. The van der Waals surface area contributed by atoms with Gasteiger partial charge in [-0.05, 0) is 13.0 Å². The number of rotatable bonds is 7. The van der Waals surface area contributed by atoms with Crippen molar-refractivity contribution in [3.8, 4) is 5.75 Å². The topological polar surface area (TPSA) is 74.3 Å². The van der Waals surface area contributed by atoms with Crippen LogP contribution in [0, 0.1) is 0 Å². The molecule has 1 aromatic heterocycles. The summed E-state index contributed by atoms with van der Waals surface area (Å²) in [5.74, 6) is -0.280. The molecule has 0 aliphatic rings. The fourth-order valence-electron chi connectivity index (χ4n) is 1.73. The van der Waals surface area contributed by atoms with Gasteiger partial charge in [0.25, 0.3) is 0 Å². The highest BCUT2D eigenvalue weighted by Gasteiger charge is 2.05. The van der Waals surface area contributed by atoms with Crippen LogP contribution in [0.15, 0.2) is 29.6 Å². The third kappa shape index (κ3) is 3.96. The normalized spacial score (nSPS) is 10.2. The number of anilines is 1. The van der Waals surface area contributed by atoms with Crippen LogP contribution in [0.25, 0.3) is 0 Å². The molecule has 0 bridgehead atoms. The second-order valence-electron chi connectivity index (χ2n) is 4.09. The van der Waals surface area contributed by atoms with Gasteiger partial charge in [-0.15, -0.1) is 11.3 Å². The van der Waals surface area contributed by atoms with Crippen molar-refractivity contribution in [3.63, 3.8) is 0 Å². The van der Waals surface area contributed by atoms with Gasteiger partial charge in [0, 0.05) is 29.9 Å². The van der Waals surface area contributed by atoms with Crippen LogP contribution < -0.4 is 15.2 Å². The second-order valence-corrected chi connectivity index (χ2v) is 4.95. The minimum Gasteiger partial charge on any atom is -0.550 e. The SMILES string of the molecule is CCOc1ccccc1CNc1nc(CC(=O)[O-])cs1. The van der Waals surface area contributed by atoms with Gasteiger partial charge in [0.05, 0.1) is 12.3 Å². The summed E-state index contributed by atoms with van der Waals surface area (Å²) in [5, 5.41) is 16.1. The smallest absolute Gasteiger partial charge is 0.183 e. The summed E-state index contributed by atoms with van der Waals surface area (Å²) in [4.78, 5) is 14.7. The van der Waals surface area contributed by atoms with Crippen molar-refractivity contribution >= 4 is 22.4 Å². The highest BCUT2D eigenvalue weighted by atomic mass is 32.1. The summed E-state index contributed by atoms with van der Waals surface area (Å²) >= 11 is 1.38. The molecule has 0 spiro atoms. The van der Waals surface area contributed by atoms with Crippen molar-refractivity contribution in [1.82, 2.24) is 4.98 Å². The van der Waals surface area contributed by atoms with Gasteiger partial charge in [-0.3, -0.25) is 0 Å². The number of para-hydroxylation sites is 1. The number of aliphatic carboxylic acids is 1. The molecule has 2 aromatic rings. The fourth-order valence-corrected chi connectivity index (χ4v) is 2.44. The standard InChI is InChI=1S/C14H16N2O3S/c1-2-19-12-6-4-3-5-10(12)8-15-14-16-11(9-20-14)7-13(17)18/h3-6,9H,2,7-8H2,1H3,(H,15,16)(H,17,18)/p-1. The molecule has 1 aromatic carbocycles. The van der Waals surface area contributed by atoms with Crippen LogP contribution in [-0.4, -0.2) is 17.6 Å². The fraction of sp³-hybridized carbons (Fsp3) is 0.286. The van der Waals surface area contributed by atoms with E-state index in [1.807, 2.05) is 31.2 Å². The molecule has 0 atom stereocenters. The van der Waals surface area contributed by atoms with Crippen LogP contribution in [0.2, 0.25) is 0 Å². The molecule has 5 nitrogen and oxygen atoms in total. The lowest BCUT2D eigenvalue weighted by Crippen LogP contribution is -2.24. The third-order valence-corrected chi connectivity index (χ3v) is 3.43. The molecule has 0 radical (unpaired) electrons. The minimum absolute atomic E-state index is 0.159. The lowest BCUT2D eigenvalue weighted by Gasteiger charge is -2.10. The Morgan fingerprint density at radius 1 is 1.45 bits per heavy atom. The Balaban J connectivity index is 1.98. The molecule has 0 fully saturated rings. The first-order chi connectivity index (χ1) is 9.69. The quantitative estimate of drug-likeness (QED) is 0.835. The van der Waals surface area contributed by atoms with Gasteiger partial charge in [-0.1, -0.05) is 18.2 Å². The zero-order valence-electron chi connectivity index (χ0n) is 11.1. The summed E-state index contributed by atoms with van der Waals surface area (Å²) in [7, 11) is 0. The molecule has 0 saturated heterocycles. The van der Waals surface area contributed by atoms with E-state index in [1.54, 1.807) is 5.38 Å². The maximum absolute atomic E-state index is 10.5. The first kappa shape index (κ1) is 14.3. The van der Waals surface area contributed by atoms with Gasteiger partial charge in [-0.25, -0.2) is 4.98 Å². The van der Waals surface area contributed by atoms with Gasteiger partial charge >= 0.3 is 0 Å². The second kappa shape index (κ2) is 6.91. The van der Waals surface area contributed by atoms with Crippen LogP contribution >= 0.6 is 11.3 Å². The van der Waals surface area contributed by atoms with E-state index in [9.17, 15) is 9.90 Å². The first-order valence-corrected chi connectivity index (χ1v) is 7.16. The number of hydrogen-bond donors (Lipinski definition) is 1. The van der Waals surface area contributed by atoms with Crippen LogP contribution in [0.3, 0.4) is 0 Å². The van der Waals surface area contributed by atoms with Gasteiger partial charge in [0.1, 0.15) is 5.75 Å². The van der Waals surface area contributed by atoms with E-state index in [0.29, 0.717) is 24.0 Å². The average molecular weight is 291 g/mol. The van der Waals surface area contributed by atoms with Crippen molar-refractivity contribution < 1.29 is 14.6 Å². The molecule has 0 aliphatic heterocycles. The molecule has 0 saturated carbocycles. The lowest BCUT2D eigenvalue weighted by molar-refractivity contribution is -0.304. The molecular formula is C14H15N2O3S-. The molecule has 2 rings (SSSR count).